The number of carbonyl (C=O) groups is 2. The Kier molecular flexibility index (Phi) is 5.92. The van der Waals surface area contributed by atoms with E-state index >= 15 is 0 Å². The topological polar surface area (TPSA) is 52.6 Å². The van der Waals surface area contributed by atoms with Gasteiger partial charge in [-0.2, -0.15) is 0 Å². The van der Waals surface area contributed by atoms with Gasteiger partial charge in [-0.15, -0.1) is 0 Å². The van der Waals surface area contributed by atoms with Crippen LogP contribution in [0.3, 0.4) is 0 Å². The van der Waals surface area contributed by atoms with E-state index in [0.717, 1.165) is 12.0 Å². The molecule has 2 aromatic rings. The van der Waals surface area contributed by atoms with E-state index in [1.807, 2.05) is 38.1 Å². The smallest absolute Gasteiger partial charge is 0.349 e. The quantitative estimate of drug-likeness (QED) is 0.443. The maximum absolute atomic E-state index is 11.8. The number of aryl methyl sites for hydroxylation is 1. The molecule has 0 aliphatic heterocycles. The van der Waals surface area contributed by atoms with Crippen LogP contribution < -0.4 is 9.47 Å². The van der Waals surface area contributed by atoms with Gasteiger partial charge in [0.2, 0.25) is 0 Å². The third-order valence-corrected chi connectivity index (χ3v) is 3.43. The predicted molar refractivity (Wildman–Crippen MR) is 88.0 cm³/mol. The normalized spacial score (nSPS) is 10.2. The Balaban J connectivity index is 1.91. The molecular formula is C19H20O4. The minimum absolute atomic E-state index is 0.0578. The average Bonchev–Trinajstić information content (AvgIpc) is 2.60. The molecule has 0 bridgehead atoms. The second kappa shape index (κ2) is 8.13. The molecule has 23 heavy (non-hydrogen) atoms. The third-order valence-electron chi connectivity index (χ3n) is 3.43. The first-order valence-electron chi connectivity index (χ1n) is 7.68. The molecule has 0 atom stereocenters. The Hall–Kier alpha value is -2.62. The standard InChI is InChI=1S/C19H20O4/c1-3-14-7-5-6-8-18(14)22-13-19(21)23-16-11-9-15(10-12-16)17(20)4-2/h5-12H,3-4,13H2,1-2H3. The van der Waals surface area contributed by atoms with Crippen LogP contribution in [0.25, 0.3) is 0 Å². The van der Waals surface area contributed by atoms with Crippen LogP contribution in [0.1, 0.15) is 36.2 Å². The fourth-order valence-electron chi connectivity index (χ4n) is 2.15. The van der Waals surface area contributed by atoms with Gasteiger partial charge in [-0.25, -0.2) is 4.79 Å². The Morgan fingerprint density at radius 3 is 2.30 bits per heavy atom. The number of hydrogen-bond acceptors (Lipinski definition) is 4. The van der Waals surface area contributed by atoms with Crippen molar-refractivity contribution in [1.82, 2.24) is 0 Å². The molecule has 2 aromatic carbocycles. The summed E-state index contributed by atoms with van der Waals surface area (Å²) in [6.45, 7) is 3.67. The number of esters is 1. The zero-order valence-electron chi connectivity index (χ0n) is 13.4. The Labute approximate surface area is 136 Å². The number of ketones is 1. The number of carbonyl (C=O) groups excluding carboxylic acids is 2. The molecule has 0 aliphatic rings. The van der Waals surface area contributed by atoms with Crippen molar-refractivity contribution < 1.29 is 19.1 Å². The van der Waals surface area contributed by atoms with Crippen LogP contribution in [-0.4, -0.2) is 18.4 Å². The summed E-state index contributed by atoms with van der Waals surface area (Å²) in [5, 5.41) is 0. The molecule has 120 valence electrons. The van der Waals surface area contributed by atoms with Gasteiger partial charge < -0.3 is 9.47 Å². The number of Topliss-reactive ketones (excluding diaryl/α,β-unsaturated/α-hetero) is 1. The van der Waals surface area contributed by atoms with Crippen molar-refractivity contribution in [1.29, 1.82) is 0 Å². The molecule has 0 saturated heterocycles. The molecule has 0 spiro atoms. The first-order chi connectivity index (χ1) is 11.1. The summed E-state index contributed by atoms with van der Waals surface area (Å²) in [6.07, 6.45) is 1.28. The molecule has 0 aliphatic carbocycles. The Morgan fingerprint density at radius 2 is 1.65 bits per heavy atom. The highest BCUT2D eigenvalue weighted by atomic mass is 16.6. The fraction of sp³-hybridized carbons (Fsp3) is 0.263. The number of para-hydroxylation sites is 1. The van der Waals surface area contributed by atoms with E-state index in [1.54, 1.807) is 24.3 Å². The van der Waals surface area contributed by atoms with Crippen molar-refractivity contribution in [3.05, 3.63) is 59.7 Å². The summed E-state index contributed by atoms with van der Waals surface area (Å²) in [6, 6.07) is 14.1. The number of ether oxygens (including phenoxy) is 2. The van der Waals surface area contributed by atoms with Gasteiger partial charge in [-0.05, 0) is 42.3 Å². The molecule has 0 amide bonds. The van der Waals surface area contributed by atoms with Crippen molar-refractivity contribution in [3.8, 4) is 11.5 Å². The fourth-order valence-corrected chi connectivity index (χ4v) is 2.15. The summed E-state index contributed by atoms with van der Waals surface area (Å²) >= 11 is 0. The van der Waals surface area contributed by atoms with Gasteiger partial charge in [0.05, 0.1) is 0 Å². The molecule has 0 heterocycles. The van der Waals surface area contributed by atoms with Crippen molar-refractivity contribution >= 4 is 11.8 Å². The summed E-state index contributed by atoms with van der Waals surface area (Å²) in [7, 11) is 0. The molecule has 0 radical (unpaired) electrons. The minimum Gasteiger partial charge on any atom is -0.482 e. The first-order valence-corrected chi connectivity index (χ1v) is 7.68. The van der Waals surface area contributed by atoms with Gasteiger partial charge in [0.15, 0.2) is 12.4 Å². The molecule has 0 unspecified atom stereocenters. The number of benzene rings is 2. The van der Waals surface area contributed by atoms with Gasteiger partial charge in [0, 0.05) is 12.0 Å². The van der Waals surface area contributed by atoms with Crippen LogP contribution in [0.2, 0.25) is 0 Å². The van der Waals surface area contributed by atoms with Crippen molar-refractivity contribution in [2.24, 2.45) is 0 Å². The lowest BCUT2D eigenvalue weighted by Crippen LogP contribution is -2.18. The van der Waals surface area contributed by atoms with E-state index < -0.39 is 5.97 Å². The lowest BCUT2D eigenvalue weighted by molar-refractivity contribution is -0.136. The van der Waals surface area contributed by atoms with Gasteiger partial charge in [0.1, 0.15) is 11.5 Å². The molecule has 4 heteroatoms. The van der Waals surface area contributed by atoms with E-state index in [0.29, 0.717) is 23.5 Å². The second-order valence-corrected chi connectivity index (χ2v) is 5.03. The van der Waals surface area contributed by atoms with Crippen LogP contribution >= 0.6 is 0 Å². The van der Waals surface area contributed by atoms with Gasteiger partial charge in [0.25, 0.3) is 0 Å². The number of rotatable bonds is 7. The molecule has 2 rings (SSSR count). The lowest BCUT2D eigenvalue weighted by Gasteiger charge is -2.10. The predicted octanol–water partition coefficient (Wildman–Crippen LogP) is 3.83. The van der Waals surface area contributed by atoms with Crippen LogP contribution in [-0.2, 0) is 11.2 Å². The van der Waals surface area contributed by atoms with Gasteiger partial charge in [-0.1, -0.05) is 32.0 Å². The van der Waals surface area contributed by atoms with Crippen molar-refractivity contribution in [2.75, 3.05) is 6.61 Å². The summed E-state index contributed by atoms with van der Waals surface area (Å²) in [5.74, 6) is 0.665. The molecule has 0 saturated carbocycles. The minimum atomic E-state index is -0.481. The highest BCUT2D eigenvalue weighted by Gasteiger charge is 2.09. The Bertz CT molecular complexity index is 674. The second-order valence-electron chi connectivity index (χ2n) is 5.03. The van der Waals surface area contributed by atoms with E-state index in [4.69, 9.17) is 9.47 Å². The van der Waals surface area contributed by atoms with E-state index in [-0.39, 0.29) is 12.4 Å². The maximum Gasteiger partial charge on any atom is 0.349 e. The summed E-state index contributed by atoms with van der Waals surface area (Å²) in [4.78, 5) is 23.4. The average molecular weight is 312 g/mol. The number of hydrogen-bond donors (Lipinski definition) is 0. The summed E-state index contributed by atoms with van der Waals surface area (Å²) in [5.41, 5.74) is 1.66. The van der Waals surface area contributed by atoms with E-state index in [2.05, 4.69) is 0 Å². The van der Waals surface area contributed by atoms with Gasteiger partial charge >= 0.3 is 5.97 Å². The molecular weight excluding hydrogens is 292 g/mol. The van der Waals surface area contributed by atoms with Crippen molar-refractivity contribution in [2.45, 2.75) is 26.7 Å². The largest absolute Gasteiger partial charge is 0.482 e. The molecule has 0 aromatic heterocycles. The maximum atomic E-state index is 11.8. The molecule has 4 nitrogen and oxygen atoms in total. The van der Waals surface area contributed by atoms with E-state index in [1.165, 1.54) is 0 Å². The lowest BCUT2D eigenvalue weighted by atomic mass is 10.1. The van der Waals surface area contributed by atoms with Crippen LogP contribution in [0, 0.1) is 0 Å². The monoisotopic (exact) mass is 312 g/mol. The van der Waals surface area contributed by atoms with Crippen LogP contribution in [0.15, 0.2) is 48.5 Å². The van der Waals surface area contributed by atoms with Crippen molar-refractivity contribution in [3.63, 3.8) is 0 Å². The SMILES string of the molecule is CCC(=O)c1ccc(OC(=O)COc2ccccc2CC)cc1. The van der Waals surface area contributed by atoms with Crippen LogP contribution in [0.4, 0.5) is 0 Å². The van der Waals surface area contributed by atoms with Gasteiger partial charge in [-0.3, -0.25) is 4.79 Å². The third kappa shape index (κ3) is 4.68. The highest BCUT2D eigenvalue weighted by molar-refractivity contribution is 5.95. The Morgan fingerprint density at radius 1 is 0.957 bits per heavy atom. The van der Waals surface area contributed by atoms with E-state index in [9.17, 15) is 9.59 Å². The first kappa shape index (κ1) is 16.7. The molecule has 0 N–H and O–H groups in total. The molecule has 0 fully saturated rings. The summed E-state index contributed by atoms with van der Waals surface area (Å²) < 4.78 is 10.7. The highest BCUT2D eigenvalue weighted by Crippen LogP contribution is 2.18. The zero-order valence-corrected chi connectivity index (χ0v) is 13.4. The zero-order chi connectivity index (χ0) is 16.7. The van der Waals surface area contributed by atoms with Crippen LogP contribution in [0.5, 0.6) is 11.5 Å².